The van der Waals surface area contributed by atoms with Crippen LogP contribution in [0.25, 0.3) is 0 Å². The third-order valence-electron chi connectivity index (χ3n) is 3.79. The molecule has 5 heteroatoms. The number of amides is 1. The maximum Gasteiger partial charge on any atom is 0.410 e. The minimum Gasteiger partial charge on any atom is -0.444 e. The van der Waals surface area contributed by atoms with Crippen LogP contribution in [0.3, 0.4) is 0 Å². The Hall–Kier alpha value is -0.810. The Bertz CT molecular complexity index is 308. The molecule has 0 unspecified atom stereocenters. The fraction of sp³-hybridized carbons (Fsp3) is 0.941. The Morgan fingerprint density at radius 2 is 1.86 bits per heavy atom. The highest BCUT2D eigenvalue weighted by atomic mass is 16.6. The monoisotopic (exact) mass is 314 g/mol. The van der Waals surface area contributed by atoms with Gasteiger partial charge < -0.3 is 19.7 Å². The lowest BCUT2D eigenvalue weighted by molar-refractivity contribution is 0.0167. The summed E-state index contributed by atoms with van der Waals surface area (Å²) in [7, 11) is 0. The zero-order chi connectivity index (χ0) is 16.4. The average Bonchev–Trinajstić information content (AvgIpc) is 2.45. The summed E-state index contributed by atoms with van der Waals surface area (Å²) in [6, 6.07) is 0. The molecule has 22 heavy (non-hydrogen) atoms. The van der Waals surface area contributed by atoms with E-state index in [0.717, 1.165) is 65.1 Å². The van der Waals surface area contributed by atoms with Gasteiger partial charge in [0.15, 0.2) is 0 Å². The van der Waals surface area contributed by atoms with Gasteiger partial charge >= 0.3 is 6.09 Å². The quantitative estimate of drug-likeness (QED) is 0.700. The first-order valence-electron chi connectivity index (χ1n) is 8.68. The lowest BCUT2D eigenvalue weighted by Crippen LogP contribution is -2.41. The van der Waals surface area contributed by atoms with Crippen LogP contribution in [0.2, 0.25) is 0 Å². The lowest BCUT2D eigenvalue weighted by Gasteiger charge is -2.33. The number of piperidine rings is 1. The van der Waals surface area contributed by atoms with Gasteiger partial charge in [0.25, 0.3) is 0 Å². The first-order chi connectivity index (χ1) is 10.4. The van der Waals surface area contributed by atoms with Gasteiger partial charge in [0.1, 0.15) is 5.60 Å². The van der Waals surface area contributed by atoms with Crippen LogP contribution in [-0.4, -0.2) is 56.0 Å². The van der Waals surface area contributed by atoms with Gasteiger partial charge in [-0.2, -0.15) is 0 Å². The van der Waals surface area contributed by atoms with Crippen LogP contribution in [0.4, 0.5) is 4.79 Å². The van der Waals surface area contributed by atoms with Crippen LogP contribution < -0.4 is 5.32 Å². The van der Waals surface area contributed by atoms with Crippen molar-refractivity contribution in [2.45, 2.75) is 59.0 Å². The molecule has 0 aliphatic carbocycles. The molecule has 0 saturated carbocycles. The maximum atomic E-state index is 12.0. The van der Waals surface area contributed by atoms with Crippen molar-refractivity contribution in [2.75, 3.05) is 39.4 Å². The molecule has 5 nitrogen and oxygen atoms in total. The molecule has 1 amide bonds. The highest BCUT2D eigenvalue weighted by molar-refractivity contribution is 5.68. The zero-order valence-corrected chi connectivity index (χ0v) is 14.8. The summed E-state index contributed by atoms with van der Waals surface area (Å²) in [5.74, 6) is 0.669. The predicted molar refractivity (Wildman–Crippen MR) is 89.1 cm³/mol. The summed E-state index contributed by atoms with van der Waals surface area (Å²) < 4.78 is 11.1. The van der Waals surface area contributed by atoms with Crippen molar-refractivity contribution in [2.24, 2.45) is 5.92 Å². The number of carbonyl (C=O) groups excluding carboxylic acids is 1. The van der Waals surface area contributed by atoms with Gasteiger partial charge in [-0.1, -0.05) is 6.92 Å². The van der Waals surface area contributed by atoms with Crippen molar-refractivity contribution < 1.29 is 14.3 Å². The molecule has 130 valence electrons. The standard InChI is InChI=1S/C17H34N2O3/c1-5-9-18-10-14-21-13-8-15-6-11-19(12-7-15)16(20)22-17(2,3)4/h15,18H,5-14H2,1-4H3. The van der Waals surface area contributed by atoms with E-state index in [1.807, 2.05) is 25.7 Å². The fourth-order valence-corrected chi connectivity index (χ4v) is 2.53. The summed E-state index contributed by atoms with van der Waals surface area (Å²) in [5.41, 5.74) is -0.409. The zero-order valence-electron chi connectivity index (χ0n) is 14.8. The summed E-state index contributed by atoms with van der Waals surface area (Å²) in [4.78, 5) is 13.8. The average molecular weight is 314 g/mol. The van der Waals surface area contributed by atoms with E-state index < -0.39 is 5.60 Å². The van der Waals surface area contributed by atoms with Gasteiger partial charge in [0.2, 0.25) is 0 Å². The van der Waals surface area contributed by atoms with E-state index in [-0.39, 0.29) is 6.09 Å². The van der Waals surface area contributed by atoms with Crippen molar-refractivity contribution in [1.82, 2.24) is 10.2 Å². The third-order valence-corrected chi connectivity index (χ3v) is 3.79. The van der Waals surface area contributed by atoms with Crippen LogP contribution in [0.5, 0.6) is 0 Å². The predicted octanol–water partition coefficient (Wildman–Crippen LogP) is 3.04. The molecular formula is C17H34N2O3. The number of nitrogens with zero attached hydrogens (tertiary/aromatic N) is 1. The molecule has 0 spiro atoms. The van der Waals surface area contributed by atoms with E-state index in [4.69, 9.17) is 9.47 Å². The second kappa shape index (κ2) is 10.1. The number of ether oxygens (including phenoxy) is 2. The summed E-state index contributed by atoms with van der Waals surface area (Å²) in [5, 5.41) is 3.33. The minimum atomic E-state index is -0.409. The summed E-state index contributed by atoms with van der Waals surface area (Å²) in [6.45, 7) is 13.1. The van der Waals surface area contributed by atoms with Crippen LogP contribution in [0.1, 0.15) is 53.4 Å². The van der Waals surface area contributed by atoms with Gasteiger partial charge in [-0.25, -0.2) is 4.79 Å². The van der Waals surface area contributed by atoms with Gasteiger partial charge in [0, 0.05) is 26.2 Å². The van der Waals surface area contributed by atoms with Crippen LogP contribution in [0, 0.1) is 5.92 Å². The molecule has 1 aliphatic heterocycles. The Balaban J connectivity index is 2.06. The van der Waals surface area contributed by atoms with Gasteiger partial charge in [-0.3, -0.25) is 0 Å². The summed E-state index contributed by atoms with van der Waals surface area (Å²) in [6.07, 6.45) is 4.18. The van der Waals surface area contributed by atoms with Gasteiger partial charge in [-0.15, -0.1) is 0 Å². The first-order valence-corrected chi connectivity index (χ1v) is 8.68. The highest BCUT2D eigenvalue weighted by Gasteiger charge is 2.26. The first kappa shape index (κ1) is 19.2. The van der Waals surface area contributed by atoms with Crippen molar-refractivity contribution >= 4 is 6.09 Å². The topological polar surface area (TPSA) is 50.8 Å². The maximum absolute atomic E-state index is 12.0. The Kier molecular flexibility index (Phi) is 8.79. The molecule has 1 rings (SSSR count). The minimum absolute atomic E-state index is 0.177. The number of hydrogen-bond acceptors (Lipinski definition) is 4. The molecule has 1 heterocycles. The van der Waals surface area contributed by atoms with Gasteiger partial charge in [0.05, 0.1) is 6.61 Å². The lowest BCUT2D eigenvalue weighted by atomic mass is 9.94. The third kappa shape index (κ3) is 8.59. The van der Waals surface area contributed by atoms with E-state index in [9.17, 15) is 4.79 Å². The molecular weight excluding hydrogens is 280 g/mol. The molecule has 0 aromatic heterocycles. The van der Waals surface area contributed by atoms with E-state index in [1.165, 1.54) is 0 Å². The highest BCUT2D eigenvalue weighted by Crippen LogP contribution is 2.22. The molecule has 1 saturated heterocycles. The van der Waals surface area contributed by atoms with Crippen LogP contribution in [0.15, 0.2) is 0 Å². The largest absolute Gasteiger partial charge is 0.444 e. The number of nitrogens with one attached hydrogen (secondary N) is 1. The van der Waals surface area contributed by atoms with Crippen molar-refractivity contribution in [1.29, 1.82) is 0 Å². The number of likely N-dealkylation sites (tertiary alicyclic amines) is 1. The summed E-state index contributed by atoms with van der Waals surface area (Å²) >= 11 is 0. The number of rotatable bonds is 8. The molecule has 1 fully saturated rings. The van der Waals surface area contributed by atoms with Crippen LogP contribution >= 0.6 is 0 Å². The van der Waals surface area contributed by atoms with Crippen molar-refractivity contribution in [3.05, 3.63) is 0 Å². The second-order valence-electron chi connectivity index (χ2n) is 7.06. The SMILES string of the molecule is CCCNCCOCCC1CCN(C(=O)OC(C)(C)C)CC1. The molecule has 0 atom stereocenters. The number of hydrogen-bond donors (Lipinski definition) is 1. The molecule has 1 aliphatic rings. The number of carbonyl (C=O) groups is 1. The molecule has 1 N–H and O–H groups in total. The Morgan fingerprint density at radius 3 is 2.45 bits per heavy atom. The fourth-order valence-electron chi connectivity index (χ4n) is 2.53. The van der Waals surface area contributed by atoms with E-state index in [1.54, 1.807) is 0 Å². The Morgan fingerprint density at radius 1 is 1.18 bits per heavy atom. The Labute approximate surface area is 135 Å². The van der Waals surface area contributed by atoms with Crippen molar-refractivity contribution in [3.63, 3.8) is 0 Å². The molecule has 0 aromatic carbocycles. The van der Waals surface area contributed by atoms with E-state index in [0.29, 0.717) is 5.92 Å². The second-order valence-corrected chi connectivity index (χ2v) is 7.06. The van der Waals surface area contributed by atoms with E-state index >= 15 is 0 Å². The van der Waals surface area contributed by atoms with Crippen molar-refractivity contribution in [3.8, 4) is 0 Å². The molecule has 0 aromatic rings. The van der Waals surface area contributed by atoms with Gasteiger partial charge in [-0.05, 0) is 58.9 Å². The smallest absolute Gasteiger partial charge is 0.410 e. The van der Waals surface area contributed by atoms with E-state index in [2.05, 4.69) is 12.2 Å². The molecule has 0 radical (unpaired) electrons. The molecule has 0 bridgehead atoms. The van der Waals surface area contributed by atoms with Crippen LogP contribution in [-0.2, 0) is 9.47 Å². The normalized spacial score (nSPS) is 16.8.